The Kier molecular flexibility index (Phi) is 3.24. The summed E-state index contributed by atoms with van der Waals surface area (Å²) in [5, 5.41) is 6.82. The van der Waals surface area contributed by atoms with Gasteiger partial charge in [0.2, 0.25) is 0 Å². The average molecular weight is 268 g/mol. The molecule has 0 bridgehead atoms. The van der Waals surface area contributed by atoms with Crippen LogP contribution in [0.25, 0.3) is 0 Å². The zero-order valence-electron chi connectivity index (χ0n) is 10.5. The number of benzene rings is 1. The molecule has 0 aliphatic carbocycles. The molecule has 1 aromatic carbocycles. The van der Waals surface area contributed by atoms with Gasteiger partial charge in [0, 0.05) is 18.1 Å². The number of aromatic nitrogens is 5. The Labute approximate surface area is 114 Å². The molecule has 3 rings (SSSR count). The molecule has 3 aromatic rings. The lowest BCUT2D eigenvalue weighted by molar-refractivity contribution is 0.253. The summed E-state index contributed by atoms with van der Waals surface area (Å²) in [7, 11) is 0. The lowest BCUT2D eigenvalue weighted by Crippen LogP contribution is -2.17. The number of anilines is 1. The number of carbonyl (C=O) groups is 1. The summed E-state index contributed by atoms with van der Waals surface area (Å²) in [4.78, 5) is 19.5. The highest BCUT2D eigenvalue weighted by Crippen LogP contribution is 2.10. The van der Waals surface area contributed by atoms with E-state index in [0.717, 1.165) is 11.3 Å². The molecule has 1 amide bonds. The Bertz CT molecular complexity index is 672. The maximum Gasteiger partial charge on any atom is 0.331 e. The molecule has 0 aliphatic rings. The first kappa shape index (κ1) is 12.1. The molecule has 0 atom stereocenters. The molecule has 0 saturated carbocycles. The Balaban J connectivity index is 1.65. The van der Waals surface area contributed by atoms with E-state index < -0.39 is 0 Å². The molecule has 0 radical (unpaired) electrons. The van der Waals surface area contributed by atoms with Crippen molar-refractivity contribution in [1.29, 1.82) is 0 Å². The van der Waals surface area contributed by atoms with Crippen LogP contribution in [0.1, 0.15) is 5.56 Å². The van der Waals surface area contributed by atoms with Gasteiger partial charge >= 0.3 is 6.03 Å². The number of amides is 1. The normalized spacial score (nSPS) is 10.4. The van der Waals surface area contributed by atoms with Gasteiger partial charge in [0.25, 0.3) is 0 Å². The van der Waals surface area contributed by atoms with Crippen molar-refractivity contribution >= 4 is 11.7 Å². The standard InChI is InChI=1S/C13H12N6O/c20-13(18-6-5-14-9-18)17-12-3-1-11(2-4-12)7-19-10-15-8-16-19/h1-6,8-10H,7H2,(H,17,20). The molecule has 0 saturated heterocycles. The first-order valence-electron chi connectivity index (χ1n) is 6.02. The summed E-state index contributed by atoms with van der Waals surface area (Å²) < 4.78 is 3.11. The van der Waals surface area contributed by atoms with Crippen molar-refractivity contribution in [2.24, 2.45) is 0 Å². The predicted molar refractivity (Wildman–Crippen MR) is 72.2 cm³/mol. The Morgan fingerprint density at radius 1 is 1.15 bits per heavy atom. The Morgan fingerprint density at radius 3 is 2.65 bits per heavy atom. The second-order valence-corrected chi connectivity index (χ2v) is 4.19. The van der Waals surface area contributed by atoms with Crippen LogP contribution in [0.3, 0.4) is 0 Å². The van der Waals surface area contributed by atoms with Crippen LogP contribution in [0.4, 0.5) is 10.5 Å². The van der Waals surface area contributed by atoms with Gasteiger partial charge in [-0.25, -0.2) is 19.4 Å². The Hall–Kier alpha value is -2.96. The van der Waals surface area contributed by atoms with E-state index in [-0.39, 0.29) is 6.03 Å². The second-order valence-electron chi connectivity index (χ2n) is 4.19. The number of rotatable bonds is 3. The highest BCUT2D eigenvalue weighted by Gasteiger charge is 2.04. The summed E-state index contributed by atoms with van der Waals surface area (Å²) in [6.07, 6.45) is 7.76. The largest absolute Gasteiger partial charge is 0.331 e. The van der Waals surface area contributed by atoms with Crippen LogP contribution in [-0.4, -0.2) is 30.3 Å². The summed E-state index contributed by atoms with van der Waals surface area (Å²) >= 11 is 0. The average Bonchev–Trinajstić information content (AvgIpc) is 3.13. The van der Waals surface area contributed by atoms with Crippen LogP contribution in [0.5, 0.6) is 0 Å². The maximum atomic E-state index is 11.8. The fraction of sp³-hybridized carbons (Fsp3) is 0.0769. The molecule has 7 nitrogen and oxygen atoms in total. The topological polar surface area (TPSA) is 77.6 Å². The van der Waals surface area contributed by atoms with Crippen molar-refractivity contribution in [3.63, 3.8) is 0 Å². The van der Waals surface area contributed by atoms with Crippen molar-refractivity contribution in [2.75, 3.05) is 5.32 Å². The third-order valence-corrected chi connectivity index (χ3v) is 2.76. The fourth-order valence-corrected chi connectivity index (χ4v) is 1.76. The summed E-state index contributed by atoms with van der Waals surface area (Å²) in [6.45, 7) is 0.649. The molecule has 1 N–H and O–H groups in total. The number of carbonyl (C=O) groups excluding carboxylic acids is 1. The minimum Gasteiger partial charge on any atom is -0.307 e. The minimum absolute atomic E-state index is 0.244. The molecule has 100 valence electrons. The van der Waals surface area contributed by atoms with Crippen molar-refractivity contribution in [3.05, 3.63) is 61.2 Å². The lowest BCUT2D eigenvalue weighted by atomic mass is 10.2. The van der Waals surface area contributed by atoms with Crippen molar-refractivity contribution in [3.8, 4) is 0 Å². The molecule has 2 aromatic heterocycles. The van der Waals surface area contributed by atoms with Gasteiger partial charge in [-0.2, -0.15) is 5.10 Å². The highest BCUT2D eigenvalue weighted by molar-refractivity contribution is 5.90. The minimum atomic E-state index is -0.244. The third kappa shape index (κ3) is 2.72. The lowest BCUT2D eigenvalue weighted by Gasteiger charge is -2.06. The highest BCUT2D eigenvalue weighted by atomic mass is 16.2. The van der Waals surface area contributed by atoms with E-state index in [1.165, 1.54) is 17.2 Å². The van der Waals surface area contributed by atoms with Gasteiger partial charge in [0.15, 0.2) is 0 Å². The van der Waals surface area contributed by atoms with E-state index in [4.69, 9.17) is 0 Å². The van der Waals surface area contributed by atoms with E-state index in [9.17, 15) is 4.79 Å². The van der Waals surface area contributed by atoms with Gasteiger partial charge < -0.3 is 5.32 Å². The number of hydrogen-bond acceptors (Lipinski definition) is 4. The van der Waals surface area contributed by atoms with Gasteiger partial charge in [-0.15, -0.1) is 0 Å². The van der Waals surface area contributed by atoms with Crippen LogP contribution >= 0.6 is 0 Å². The van der Waals surface area contributed by atoms with Crippen LogP contribution < -0.4 is 5.32 Å². The van der Waals surface area contributed by atoms with E-state index >= 15 is 0 Å². The molecule has 20 heavy (non-hydrogen) atoms. The van der Waals surface area contributed by atoms with Gasteiger partial charge in [0.05, 0.1) is 6.54 Å². The zero-order chi connectivity index (χ0) is 13.8. The smallest absolute Gasteiger partial charge is 0.307 e. The zero-order valence-corrected chi connectivity index (χ0v) is 10.5. The van der Waals surface area contributed by atoms with Gasteiger partial charge in [0.1, 0.15) is 19.0 Å². The SMILES string of the molecule is O=C(Nc1ccc(Cn2cncn2)cc1)n1ccnc1. The van der Waals surface area contributed by atoms with Crippen molar-refractivity contribution in [2.45, 2.75) is 6.54 Å². The third-order valence-electron chi connectivity index (χ3n) is 2.76. The van der Waals surface area contributed by atoms with Crippen molar-refractivity contribution in [1.82, 2.24) is 24.3 Å². The first-order valence-corrected chi connectivity index (χ1v) is 6.02. The van der Waals surface area contributed by atoms with Crippen LogP contribution in [0.15, 0.2) is 55.6 Å². The number of nitrogens with zero attached hydrogens (tertiary/aromatic N) is 5. The van der Waals surface area contributed by atoms with Crippen molar-refractivity contribution < 1.29 is 4.79 Å². The van der Waals surface area contributed by atoms with Gasteiger partial charge in [-0.05, 0) is 17.7 Å². The molecule has 7 heteroatoms. The second kappa shape index (κ2) is 5.35. The number of nitrogens with one attached hydrogen (secondary N) is 1. The van der Waals surface area contributed by atoms with Gasteiger partial charge in [-0.1, -0.05) is 12.1 Å². The first-order chi connectivity index (χ1) is 9.81. The number of hydrogen-bond donors (Lipinski definition) is 1. The number of imidazole rings is 1. The van der Waals surface area contributed by atoms with Crippen LogP contribution in [0.2, 0.25) is 0 Å². The summed E-state index contributed by atoms with van der Waals surface area (Å²) in [5.41, 5.74) is 1.81. The van der Waals surface area contributed by atoms with E-state index in [1.54, 1.807) is 23.4 Å². The molecular formula is C13H12N6O. The maximum absolute atomic E-state index is 11.8. The molecule has 0 spiro atoms. The van der Waals surface area contributed by atoms with Gasteiger partial charge in [-0.3, -0.25) is 4.57 Å². The fourth-order valence-electron chi connectivity index (χ4n) is 1.76. The van der Waals surface area contributed by atoms with Crippen LogP contribution in [0, 0.1) is 0 Å². The molecule has 0 aliphatic heterocycles. The quantitative estimate of drug-likeness (QED) is 0.782. The summed E-state index contributed by atoms with van der Waals surface area (Å²) in [5.74, 6) is 0. The molecule has 0 unspecified atom stereocenters. The molecule has 0 fully saturated rings. The van der Waals surface area contributed by atoms with Crippen LogP contribution in [-0.2, 0) is 6.54 Å². The Morgan fingerprint density at radius 2 is 2.00 bits per heavy atom. The molecular weight excluding hydrogens is 256 g/mol. The van der Waals surface area contributed by atoms with E-state index in [1.807, 2.05) is 24.3 Å². The monoisotopic (exact) mass is 268 g/mol. The van der Waals surface area contributed by atoms with E-state index in [0.29, 0.717) is 6.54 Å². The van der Waals surface area contributed by atoms with E-state index in [2.05, 4.69) is 20.4 Å². The molecule has 2 heterocycles. The predicted octanol–water partition coefficient (Wildman–Crippen LogP) is 1.60. The summed E-state index contributed by atoms with van der Waals surface area (Å²) in [6, 6.07) is 7.32.